The van der Waals surface area contributed by atoms with E-state index in [0.29, 0.717) is 5.92 Å². The molecule has 0 radical (unpaired) electrons. The number of nitrogens with one attached hydrogen (secondary N) is 1. The van der Waals surface area contributed by atoms with Gasteiger partial charge in [-0.05, 0) is 57.4 Å². The van der Waals surface area contributed by atoms with Crippen molar-refractivity contribution in [1.82, 2.24) is 5.32 Å². The van der Waals surface area contributed by atoms with Crippen molar-refractivity contribution in [3.05, 3.63) is 34.4 Å². The highest BCUT2D eigenvalue weighted by atomic mass is 14.8. The van der Waals surface area contributed by atoms with Crippen LogP contribution in [0.25, 0.3) is 0 Å². The Bertz CT molecular complexity index is 299. The molecule has 0 unspecified atom stereocenters. The van der Waals surface area contributed by atoms with Gasteiger partial charge in [0, 0.05) is 6.54 Å². The average Bonchev–Trinajstić information content (AvgIpc) is 2.14. The molecule has 0 saturated carbocycles. The van der Waals surface area contributed by atoms with Gasteiger partial charge in [-0.2, -0.15) is 0 Å². The van der Waals surface area contributed by atoms with Crippen LogP contribution in [0.3, 0.4) is 0 Å². The fraction of sp³-hybridized carbons (Fsp3) is 0.600. The third-order valence-corrected chi connectivity index (χ3v) is 2.48. The van der Waals surface area contributed by atoms with E-state index in [1.807, 2.05) is 7.05 Å². The van der Waals surface area contributed by atoms with Gasteiger partial charge in [-0.25, -0.2) is 0 Å². The van der Waals surface area contributed by atoms with E-state index in [1.165, 1.54) is 22.3 Å². The van der Waals surface area contributed by atoms with Gasteiger partial charge in [0.1, 0.15) is 0 Å². The molecule has 0 aliphatic heterocycles. The van der Waals surface area contributed by atoms with Crippen LogP contribution in [-0.2, 0) is 0 Å². The lowest BCUT2D eigenvalue weighted by atomic mass is 9.98. The Morgan fingerprint density at radius 1 is 1.12 bits per heavy atom. The van der Waals surface area contributed by atoms with Crippen LogP contribution in [0.5, 0.6) is 0 Å². The molecule has 0 aromatic rings. The van der Waals surface area contributed by atoms with E-state index in [-0.39, 0.29) is 0 Å². The van der Waals surface area contributed by atoms with Gasteiger partial charge in [0.25, 0.3) is 0 Å². The third-order valence-electron chi connectivity index (χ3n) is 2.48. The van der Waals surface area contributed by atoms with E-state index in [9.17, 15) is 0 Å². The van der Waals surface area contributed by atoms with Crippen LogP contribution in [0.4, 0.5) is 0 Å². The SMILES string of the molecule is CNCC(=C\C(C)C)/C(C)=C(\C)C=C(C)C. The standard InChI is InChI=1S/C15H27N/c1-11(2)8-13(5)14(6)15(10-16-7)9-12(3)4/h8-9,12,16H,10H2,1-7H3/b14-13+,15-9+. The van der Waals surface area contributed by atoms with Gasteiger partial charge in [0.2, 0.25) is 0 Å². The minimum atomic E-state index is 0.595. The molecule has 0 atom stereocenters. The molecule has 0 saturated heterocycles. The predicted molar refractivity (Wildman–Crippen MR) is 74.7 cm³/mol. The highest BCUT2D eigenvalue weighted by molar-refractivity contribution is 5.39. The molecule has 0 spiro atoms. The summed E-state index contributed by atoms with van der Waals surface area (Å²) in [6, 6.07) is 0. The Kier molecular flexibility index (Phi) is 7.07. The summed E-state index contributed by atoms with van der Waals surface area (Å²) in [5, 5.41) is 3.24. The van der Waals surface area contributed by atoms with Crippen LogP contribution in [0.15, 0.2) is 34.4 Å². The summed E-state index contributed by atoms with van der Waals surface area (Å²) in [5.41, 5.74) is 5.52. The van der Waals surface area contributed by atoms with Gasteiger partial charge in [-0.15, -0.1) is 0 Å². The lowest BCUT2D eigenvalue weighted by molar-refractivity contribution is 0.799. The summed E-state index contributed by atoms with van der Waals surface area (Å²) >= 11 is 0. The quantitative estimate of drug-likeness (QED) is 0.689. The molecule has 0 fully saturated rings. The van der Waals surface area contributed by atoms with Crippen LogP contribution in [0, 0.1) is 5.92 Å². The van der Waals surface area contributed by atoms with Gasteiger partial charge in [0.15, 0.2) is 0 Å². The number of rotatable bonds is 5. The van der Waals surface area contributed by atoms with Crippen molar-refractivity contribution in [2.45, 2.75) is 41.5 Å². The topological polar surface area (TPSA) is 12.0 Å². The average molecular weight is 221 g/mol. The largest absolute Gasteiger partial charge is 0.316 e. The first-order chi connectivity index (χ1) is 7.38. The molecular weight excluding hydrogens is 194 g/mol. The normalized spacial score (nSPS) is 13.9. The minimum absolute atomic E-state index is 0.595. The maximum absolute atomic E-state index is 3.24. The van der Waals surface area contributed by atoms with Crippen molar-refractivity contribution in [3.63, 3.8) is 0 Å². The van der Waals surface area contributed by atoms with Gasteiger partial charge >= 0.3 is 0 Å². The van der Waals surface area contributed by atoms with Crippen molar-refractivity contribution in [3.8, 4) is 0 Å². The summed E-state index contributed by atoms with van der Waals surface area (Å²) in [6.07, 6.45) is 4.59. The number of likely N-dealkylation sites (N-methyl/N-ethyl adjacent to an activating group) is 1. The number of allylic oxidation sites excluding steroid dienone is 4. The molecule has 0 amide bonds. The maximum atomic E-state index is 3.24. The Balaban J connectivity index is 5.14. The molecule has 0 aromatic carbocycles. The maximum Gasteiger partial charge on any atom is 0.0202 e. The first-order valence-electron chi connectivity index (χ1n) is 6.06. The van der Waals surface area contributed by atoms with Crippen LogP contribution < -0.4 is 5.32 Å². The van der Waals surface area contributed by atoms with Crippen LogP contribution in [-0.4, -0.2) is 13.6 Å². The van der Waals surface area contributed by atoms with Crippen LogP contribution in [0.2, 0.25) is 0 Å². The number of hydrogen-bond donors (Lipinski definition) is 1. The van der Waals surface area contributed by atoms with Gasteiger partial charge in [-0.1, -0.05) is 31.6 Å². The monoisotopic (exact) mass is 221 g/mol. The smallest absolute Gasteiger partial charge is 0.0202 e. The van der Waals surface area contributed by atoms with Gasteiger partial charge in [-0.3, -0.25) is 0 Å². The van der Waals surface area contributed by atoms with Crippen molar-refractivity contribution in [1.29, 1.82) is 0 Å². The lowest BCUT2D eigenvalue weighted by Gasteiger charge is -2.12. The zero-order valence-corrected chi connectivity index (χ0v) is 11.9. The van der Waals surface area contributed by atoms with Crippen molar-refractivity contribution >= 4 is 0 Å². The molecule has 0 rings (SSSR count). The zero-order valence-electron chi connectivity index (χ0n) is 11.9. The van der Waals surface area contributed by atoms with E-state index in [2.05, 4.69) is 59.0 Å². The molecule has 16 heavy (non-hydrogen) atoms. The molecule has 92 valence electrons. The van der Waals surface area contributed by atoms with E-state index in [1.54, 1.807) is 0 Å². The predicted octanol–water partition coefficient (Wildman–Crippen LogP) is 4.09. The summed E-state index contributed by atoms with van der Waals surface area (Å²) in [5.74, 6) is 0.595. The third kappa shape index (κ3) is 5.92. The molecule has 0 bridgehead atoms. The fourth-order valence-corrected chi connectivity index (χ4v) is 1.70. The lowest BCUT2D eigenvalue weighted by Crippen LogP contribution is -2.12. The number of hydrogen-bond acceptors (Lipinski definition) is 1. The molecule has 1 nitrogen and oxygen atoms in total. The van der Waals surface area contributed by atoms with Gasteiger partial charge < -0.3 is 5.32 Å². The zero-order chi connectivity index (χ0) is 12.7. The van der Waals surface area contributed by atoms with Crippen molar-refractivity contribution in [2.24, 2.45) is 5.92 Å². The van der Waals surface area contributed by atoms with Crippen LogP contribution >= 0.6 is 0 Å². The second kappa shape index (κ2) is 7.45. The highest BCUT2D eigenvalue weighted by Gasteiger charge is 2.03. The van der Waals surface area contributed by atoms with E-state index in [4.69, 9.17) is 0 Å². The molecule has 0 heterocycles. The molecule has 0 aliphatic rings. The Labute approximate surface area is 101 Å². The second-order valence-electron chi connectivity index (χ2n) is 5.00. The first-order valence-corrected chi connectivity index (χ1v) is 6.06. The molecule has 0 aliphatic carbocycles. The van der Waals surface area contributed by atoms with Crippen LogP contribution in [0.1, 0.15) is 41.5 Å². The molecular formula is C15H27N. The van der Waals surface area contributed by atoms with Crippen molar-refractivity contribution in [2.75, 3.05) is 13.6 Å². The summed E-state index contributed by atoms with van der Waals surface area (Å²) < 4.78 is 0. The van der Waals surface area contributed by atoms with Gasteiger partial charge in [0.05, 0.1) is 0 Å². The van der Waals surface area contributed by atoms with E-state index < -0.39 is 0 Å². The fourth-order valence-electron chi connectivity index (χ4n) is 1.70. The summed E-state index contributed by atoms with van der Waals surface area (Å²) in [6.45, 7) is 14.1. The molecule has 0 aromatic heterocycles. The van der Waals surface area contributed by atoms with E-state index in [0.717, 1.165) is 6.54 Å². The minimum Gasteiger partial charge on any atom is -0.316 e. The first kappa shape index (κ1) is 15.2. The molecule has 1 heteroatoms. The summed E-state index contributed by atoms with van der Waals surface area (Å²) in [7, 11) is 2.00. The second-order valence-corrected chi connectivity index (χ2v) is 5.00. The summed E-state index contributed by atoms with van der Waals surface area (Å²) in [4.78, 5) is 0. The Hall–Kier alpha value is -0.820. The highest BCUT2D eigenvalue weighted by Crippen LogP contribution is 2.17. The Morgan fingerprint density at radius 2 is 1.69 bits per heavy atom. The van der Waals surface area contributed by atoms with E-state index >= 15 is 0 Å². The Morgan fingerprint density at radius 3 is 2.06 bits per heavy atom. The molecule has 1 N–H and O–H groups in total. The van der Waals surface area contributed by atoms with Crippen molar-refractivity contribution < 1.29 is 0 Å².